The number of carbonyl (C=O) groups is 1. The molecule has 5 rings (SSSR count). The Labute approximate surface area is 227 Å². The fraction of sp³-hybridized carbons (Fsp3) is 0. The lowest BCUT2D eigenvalue weighted by molar-refractivity contribution is -0.113. The van der Waals surface area contributed by atoms with Crippen molar-refractivity contribution in [2.45, 2.75) is 4.90 Å². The maximum Gasteiger partial charge on any atom is 0.339 e. The summed E-state index contributed by atoms with van der Waals surface area (Å²) in [6.45, 7) is 0. The summed E-state index contributed by atoms with van der Waals surface area (Å²) in [5.41, 5.74) is 2.15. The Bertz CT molecular complexity index is 1610. The molecular weight excluding hydrogens is 572 g/mol. The van der Waals surface area contributed by atoms with Crippen molar-refractivity contribution in [3.8, 4) is 5.75 Å². The first-order valence-corrected chi connectivity index (χ1v) is 14.1. The lowest BCUT2D eigenvalue weighted by Crippen LogP contribution is -2.28. The van der Waals surface area contributed by atoms with Gasteiger partial charge in [0.1, 0.15) is 4.90 Å². The van der Waals surface area contributed by atoms with Gasteiger partial charge in [0.05, 0.1) is 20.8 Å². The molecule has 0 spiro atoms. The summed E-state index contributed by atoms with van der Waals surface area (Å²) in [4.78, 5) is 20.3. The molecule has 0 N–H and O–H groups in total. The van der Waals surface area contributed by atoms with Gasteiger partial charge >= 0.3 is 10.1 Å². The number of nitrogens with zero attached hydrogens (tertiary/aromatic N) is 2. The van der Waals surface area contributed by atoms with Gasteiger partial charge in [-0.1, -0.05) is 60.7 Å². The summed E-state index contributed by atoms with van der Waals surface area (Å²) < 4.78 is 31.0. The predicted molar refractivity (Wildman–Crippen MR) is 151 cm³/mol. The van der Waals surface area contributed by atoms with E-state index in [4.69, 9.17) is 9.18 Å². The van der Waals surface area contributed by atoms with Crippen LogP contribution in [0.4, 0.5) is 11.4 Å². The Hall–Kier alpha value is -3.66. The SMILES string of the molecule is O=C1/C(=C\c2ccc(OS(=O)(=O)c3ccccc3)c(Br)c2)SC(=Nc2ccccc2)N1c1ccccc1. The molecule has 0 aliphatic carbocycles. The molecule has 0 saturated carbocycles. The van der Waals surface area contributed by atoms with Gasteiger partial charge in [0.2, 0.25) is 0 Å². The second-order valence-electron chi connectivity index (χ2n) is 7.86. The topological polar surface area (TPSA) is 76.0 Å². The number of halogens is 1. The maximum atomic E-state index is 13.4. The molecule has 0 radical (unpaired) electrons. The quantitative estimate of drug-likeness (QED) is 0.178. The Balaban J connectivity index is 1.45. The van der Waals surface area contributed by atoms with Crippen LogP contribution in [-0.4, -0.2) is 19.5 Å². The largest absolute Gasteiger partial charge is 0.378 e. The second kappa shape index (κ2) is 10.8. The third-order valence-electron chi connectivity index (χ3n) is 5.29. The van der Waals surface area contributed by atoms with E-state index >= 15 is 0 Å². The van der Waals surface area contributed by atoms with Crippen LogP contribution in [0.3, 0.4) is 0 Å². The number of para-hydroxylation sites is 2. The normalized spacial score (nSPS) is 15.9. The van der Waals surface area contributed by atoms with Crippen LogP contribution in [0.2, 0.25) is 0 Å². The van der Waals surface area contributed by atoms with E-state index in [2.05, 4.69) is 15.9 Å². The van der Waals surface area contributed by atoms with Gasteiger partial charge < -0.3 is 4.18 Å². The van der Waals surface area contributed by atoms with Crippen molar-refractivity contribution < 1.29 is 17.4 Å². The Kier molecular flexibility index (Phi) is 7.27. The van der Waals surface area contributed by atoms with Crippen LogP contribution in [0.25, 0.3) is 6.08 Å². The summed E-state index contributed by atoms with van der Waals surface area (Å²) in [5.74, 6) is -0.0531. The molecule has 0 atom stereocenters. The number of aliphatic imine (C=N–C) groups is 1. The first kappa shape index (κ1) is 25.0. The summed E-state index contributed by atoms with van der Waals surface area (Å²) in [6.07, 6.45) is 1.75. The van der Waals surface area contributed by atoms with Gasteiger partial charge in [0, 0.05) is 0 Å². The minimum Gasteiger partial charge on any atom is -0.378 e. The molecule has 184 valence electrons. The number of hydrogen-bond acceptors (Lipinski definition) is 6. The molecule has 0 unspecified atom stereocenters. The Morgan fingerprint density at radius 1 is 0.838 bits per heavy atom. The van der Waals surface area contributed by atoms with E-state index in [-0.39, 0.29) is 16.6 Å². The Morgan fingerprint density at radius 3 is 2.11 bits per heavy atom. The van der Waals surface area contributed by atoms with Gasteiger partial charge in [-0.3, -0.25) is 9.69 Å². The summed E-state index contributed by atoms with van der Waals surface area (Å²) in [5, 5.41) is 0.543. The smallest absolute Gasteiger partial charge is 0.339 e. The third-order valence-corrected chi connectivity index (χ3v) is 8.12. The molecule has 1 aliphatic heterocycles. The fourth-order valence-corrected chi connectivity index (χ4v) is 6.10. The summed E-state index contributed by atoms with van der Waals surface area (Å²) in [7, 11) is -3.98. The number of amidine groups is 1. The first-order chi connectivity index (χ1) is 17.9. The van der Waals surface area contributed by atoms with E-state index < -0.39 is 10.1 Å². The van der Waals surface area contributed by atoms with Crippen molar-refractivity contribution in [3.63, 3.8) is 0 Å². The molecule has 4 aromatic carbocycles. The third kappa shape index (κ3) is 5.69. The van der Waals surface area contributed by atoms with E-state index in [0.29, 0.717) is 25.8 Å². The maximum absolute atomic E-state index is 13.4. The zero-order valence-electron chi connectivity index (χ0n) is 19.2. The van der Waals surface area contributed by atoms with E-state index in [1.807, 2.05) is 60.7 Å². The molecule has 4 aromatic rings. The van der Waals surface area contributed by atoms with Gasteiger partial charge in [-0.05, 0) is 87.9 Å². The minimum absolute atomic E-state index is 0.0623. The van der Waals surface area contributed by atoms with Crippen LogP contribution in [0.15, 0.2) is 128 Å². The standard InChI is InChI=1S/C28H19BrN2O4S2/c29-24-18-20(16-17-25(24)35-37(33,34)23-14-8-3-9-15-23)19-26-27(32)31(22-12-6-2-7-13-22)28(36-26)30-21-10-4-1-5-11-21/h1-19H/b26-19+,30-28?. The molecule has 37 heavy (non-hydrogen) atoms. The van der Waals surface area contributed by atoms with Crippen LogP contribution in [0.5, 0.6) is 5.75 Å². The number of amides is 1. The van der Waals surface area contributed by atoms with Gasteiger partial charge in [0.25, 0.3) is 5.91 Å². The highest BCUT2D eigenvalue weighted by Gasteiger charge is 2.34. The van der Waals surface area contributed by atoms with Crippen molar-refractivity contribution in [3.05, 3.63) is 124 Å². The van der Waals surface area contributed by atoms with Crippen LogP contribution < -0.4 is 9.08 Å². The van der Waals surface area contributed by atoms with Gasteiger partial charge in [0.15, 0.2) is 10.9 Å². The molecular formula is C28H19BrN2O4S2. The Morgan fingerprint density at radius 2 is 1.46 bits per heavy atom. The van der Waals surface area contributed by atoms with Crippen molar-refractivity contribution in [2.24, 2.45) is 4.99 Å². The van der Waals surface area contributed by atoms with Crippen molar-refractivity contribution >= 4 is 66.3 Å². The van der Waals surface area contributed by atoms with Crippen molar-refractivity contribution in [1.82, 2.24) is 0 Å². The molecule has 1 fully saturated rings. The highest BCUT2D eigenvalue weighted by Crippen LogP contribution is 2.38. The second-order valence-corrected chi connectivity index (χ2v) is 11.3. The lowest BCUT2D eigenvalue weighted by Gasteiger charge is -2.15. The fourth-order valence-electron chi connectivity index (χ4n) is 3.55. The van der Waals surface area contributed by atoms with Crippen molar-refractivity contribution in [2.75, 3.05) is 4.90 Å². The van der Waals surface area contributed by atoms with Crippen LogP contribution in [0, 0.1) is 0 Å². The number of hydrogen-bond donors (Lipinski definition) is 0. The van der Waals surface area contributed by atoms with E-state index in [1.165, 1.54) is 23.9 Å². The minimum atomic E-state index is -3.98. The molecule has 1 amide bonds. The predicted octanol–water partition coefficient (Wildman–Crippen LogP) is 7.03. The summed E-state index contributed by atoms with van der Waals surface area (Å²) >= 11 is 4.67. The molecule has 0 aromatic heterocycles. The molecule has 1 aliphatic rings. The molecule has 1 heterocycles. The van der Waals surface area contributed by atoms with Gasteiger partial charge in [-0.2, -0.15) is 8.42 Å². The number of thioether (sulfide) groups is 1. The monoisotopic (exact) mass is 590 g/mol. The molecule has 9 heteroatoms. The average molecular weight is 592 g/mol. The van der Waals surface area contributed by atoms with Crippen molar-refractivity contribution in [1.29, 1.82) is 0 Å². The molecule has 1 saturated heterocycles. The van der Waals surface area contributed by atoms with Crippen LogP contribution in [0.1, 0.15) is 5.56 Å². The zero-order chi connectivity index (χ0) is 25.8. The summed E-state index contributed by atoms with van der Waals surface area (Å²) in [6, 6.07) is 31.7. The number of benzene rings is 4. The van der Waals surface area contributed by atoms with Gasteiger partial charge in [-0.25, -0.2) is 4.99 Å². The molecule has 6 nitrogen and oxygen atoms in total. The van der Waals surface area contributed by atoms with Crippen LogP contribution in [-0.2, 0) is 14.9 Å². The number of carbonyl (C=O) groups excluding carboxylic acids is 1. The van der Waals surface area contributed by atoms with E-state index in [1.54, 1.807) is 47.4 Å². The van der Waals surface area contributed by atoms with E-state index in [0.717, 1.165) is 5.69 Å². The van der Waals surface area contributed by atoms with E-state index in [9.17, 15) is 13.2 Å². The van der Waals surface area contributed by atoms with Crippen LogP contribution >= 0.6 is 27.7 Å². The highest BCUT2D eigenvalue weighted by atomic mass is 79.9. The molecule has 0 bridgehead atoms. The highest BCUT2D eigenvalue weighted by molar-refractivity contribution is 9.10. The number of anilines is 1. The zero-order valence-corrected chi connectivity index (χ0v) is 22.4. The average Bonchev–Trinajstić information content (AvgIpc) is 3.21. The first-order valence-electron chi connectivity index (χ1n) is 11.1. The number of rotatable bonds is 6. The van der Waals surface area contributed by atoms with Gasteiger partial charge in [-0.15, -0.1) is 0 Å². The lowest BCUT2D eigenvalue weighted by atomic mass is 10.2.